The first-order valence-electron chi connectivity index (χ1n) is 8.85. The minimum absolute atomic E-state index is 0.124. The minimum atomic E-state index is 0.124. The van der Waals surface area contributed by atoms with Crippen molar-refractivity contribution >= 4 is 23.1 Å². The standard InChI is InChI=1S/C21H22ClNO/c22-16-10-12-17(13-11-16)23-19-9-5-4-8-18(19)21(24)14-20(23)15-6-2-1-3-7-15/h1-3,6-7,10-13,18-20H,4-5,8-9,14H2/t18-,19-,20-/m1/s1. The van der Waals surface area contributed by atoms with Crippen molar-refractivity contribution in [3.8, 4) is 0 Å². The van der Waals surface area contributed by atoms with Gasteiger partial charge in [-0.2, -0.15) is 0 Å². The Balaban J connectivity index is 1.78. The Bertz CT molecular complexity index is 712. The molecule has 2 aromatic carbocycles. The normalized spacial score (nSPS) is 27.0. The molecule has 2 aliphatic rings. The van der Waals surface area contributed by atoms with E-state index in [-0.39, 0.29) is 12.0 Å². The van der Waals surface area contributed by atoms with Crippen LogP contribution >= 0.6 is 11.6 Å². The molecule has 124 valence electrons. The van der Waals surface area contributed by atoms with Crippen LogP contribution in [0.15, 0.2) is 54.6 Å². The highest BCUT2D eigenvalue weighted by atomic mass is 35.5. The Kier molecular flexibility index (Phi) is 4.32. The number of Topliss-reactive ketones (excluding diaryl/α,β-unsaturated/α-hetero) is 1. The van der Waals surface area contributed by atoms with Crippen LogP contribution in [0.1, 0.15) is 43.7 Å². The summed E-state index contributed by atoms with van der Waals surface area (Å²) < 4.78 is 0. The molecule has 24 heavy (non-hydrogen) atoms. The van der Waals surface area contributed by atoms with Gasteiger partial charge in [-0.05, 0) is 42.7 Å². The average Bonchev–Trinajstić information content (AvgIpc) is 2.63. The summed E-state index contributed by atoms with van der Waals surface area (Å²) in [4.78, 5) is 15.3. The van der Waals surface area contributed by atoms with E-state index in [0.717, 1.165) is 17.9 Å². The maximum Gasteiger partial charge on any atom is 0.140 e. The maximum absolute atomic E-state index is 12.8. The van der Waals surface area contributed by atoms with Gasteiger partial charge in [0, 0.05) is 29.1 Å². The number of fused-ring (bicyclic) bond motifs is 1. The highest BCUT2D eigenvalue weighted by molar-refractivity contribution is 6.30. The predicted molar refractivity (Wildman–Crippen MR) is 98.5 cm³/mol. The number of benzene rings is 2. The largest absolute Gasteiger partial charge is 0.360 e. The van der Waals surface area contributed by atoms with Crippen LogP contribution in [-0.4, -0.2) is 11.8 Å². The number of anilines is 1. The van der Waals surface area contributed by atoms with Gasteiger partial charge in [0.1, 0.15) is 5.78 Å². The molecule has 3 heteroatoms. The van der Waals surface area contributed by atoms with E-state index in [4.69, 9.17) is 11.6 Å². The second kappa shape index (κ2) is 6.60. The lowest BCUT2D eigenvalue weighted by Crippen LogP contribution is -2.52. The number of piperidine rings is 1. The molecule has 3 atom stereocenters. The van der Waals surface area contributed by atoms with Crippen molar-refractivity contribution in [3.05, 3.63) is 65.2 Å². The molecule has 0 unspecified atom stereocenters. The van der Waals surface area contributed by atoms with Gasteiger partial charge in [-0.3, -0.25) is 4.79 Å². The predicted octanol–water partition coefficient (Wildman–Crippen LogP) is 5.42. The third kappa shape index (κ3) is 2.84. The first-order chi connectivity index (χ1) is 11.7. The highest BCUT2D eigenvalue weighted by Gasteiger charge is 2.43. The number of rotatable bonds is 2. The van der Waals surface area contributed by atoms with Gasteiger partial charge in [-0.15, -0.1) is 0 Å². The lowest BCUT2D eigenvalue weighted by molar-refractivity contribution is -0.126. The summed E-state index contributed by atoms with van der Waals surface area (Å²) in [6.07, 6.45) is 5.13. The average molecular weight is 340 g/mol. The summed E-state index contributed by atoms with van der Waals surface area (Å²) in [5.74, 6) is 0.633. The van der Waals surface area contributed by atoms with Crippen LogP contribution in [0.2, 0.25) is 5.02 Å². The van der Waals surface area contributed by atoms with Crippen LogP contribution in [0.4, 0.5) is 5.69 Å². The zero-order chi connectivity index (χ0) is 16.5. The molecule has 4 rings (SSSR count). The molecule has 0 N–H and O–H groups in total. The zero-order valence-corrected chi connectivity index (χ0v) is 14.5. The fourth-order valence-corrected chi connectivity index (χ4v) is 4.56. The van der Waals surface area contributed by atoms with Crippen LogP contribution < -0.4 is 4.90 Å². The van der Waals surface area contributed by atoms with Crippen molar-refractivity contribution in [1.29, 1.82) is 0 Å². The number of nitrogens with zero attached hydrogens (tertiary/aromatic N) is 1. The van der Waals surface area contributed by atoms with E-state index >= 15 is 0 Å². The molecule has 0 amide bonds. The van der Waals surface area contributed by atoms with Gasteiger partial charge >= 0.3 is 0 Å². The lowest BCUT2D eigenvalue weighted by Gasteiger charge is -2.49. The number of halogens is 1. The Labute approximate surface area is 148 Å². The van der Waals surface area contributed by atoms with Gasteiger partial charge in [0.2, 0.25) is 0 Å². The number of hydrogen-bond acceptors (Lipinski definition) is 2. The van der Waals surface area contributed by atoms with Gasteiger partial charge in [0.05, 0.1) is 6.04 Å². The molecule has 1 saturated heterocycles. The van der Waals surface area contributed by atoms with Crippen LogP contribution in [0, 0.1) is 5.92 Å². The Hall–Kier alpha value is -1.80. The lowest BCUT2D eigenvalue weighted by atomic mass is 9.74. The monoisotopic (exact) mass is 339 g/mol. The second-order valence-electron chi connectivity index (χ2n) is 6.94. The molecule has 2 aromatic rings. The van der Waals surface area contributed by atoms with Crippen molar-refractivity contribution in [1.82, 2.24) is 0 Å². The fourth-order valence-electron chi connectivity index (χ4n) is 4.43. The van der Waals surface area contributed by atoms with E-state index in [1.54, 1.807) is 0 Å². The first kappa shape index (κ1) is 15.7. The summed E-state index contributed by atoms with van der Waals surface area (Å²) >= 11 is 6.09. The number of ketones is 1. The van der Waals surface area contributed by atoms with Crippen LogP contribution in [0.3, 0.4) is 0 Å². The maximum atomic E-state index is 12.8. The molecule has 1 heterocycles. The van der Waals surface area contributed by atoms with Crippen LogP contribution in [0.25, 0.3) is 0 Å². The van der Waals surface area contributed by atoms with Gasteiger partial charge in [-0.25, -0.2) is 0 Å². The summed E-state index contributed by atoms with van der Waals surface area (Å²) in [5.41, 5.74) is 2.41. The summed E-state index contributed by atoms with van der Waals surface area (Å²) in [5, 5.41) is 0.753. The molecule has 2 nitrogen and oxygen atoms in total. The zero-order valence-electron chi connectivity index (χ0n) is 13.7. The van der Waals surface area contributed by atoms with E-state index in [1.807, 2.05) is 18.2 Å². The number of carbonyl (C=O) groups excluding carboxylic acids is 1. The van der Waals surface area contributed by atoms with E-state index in [2.05, 4.69) is 41.3 Å². The molecule has 1 saturated carbocycles. The Morgan fingerprint density at radius 3 is 2.38 bits per heavy atom. The smallest absolute Gasteiger partial charge is 0.140 e. The molecule has 0 bridgehead atoms. The van der Waals surface area contributed by atoms with E-state index in [1.165, 1.54) is 24.1 Å². The first-order valence-corrected chi connectivity index (χ1v) is 9.23. The van der Waals surface area contributed by atoms with Gasteiger partial charge < -0.3 is 4.90 Å². The van der Waals surface area contributed by atoms with Gasteiger partial charge in [0.15, 0.2) is 0 Å². The SMILES string of the molecule is O=C1C[C@H](c2ccccc2)N(c2ccc(Cl)cc2)[C@@H]2CCCC[C@@H]12. The minimum Gasteiger partial charge on any atom is -0.360 e. The third-order valence-corrected chi connectivity index (χ3v) is 5.79. The third-order valence-electron chi connectivity index (χ3n) is 5.54. The van der Waals surface area contributed by atoms with E-state index in [0.29, 0.717) is 18.2 Å². The molecule has 2 fully saturated rings. The molecule has 1 aliphatic heterocycles. The van der Waals surface area contributed by atoms with Gasteiger partial charge in [0.25, 0.3) is 0 Å². The van der Waals surface area contributed by atoms with E-state index in [9.17, 15) is 4.79 Å². The topological polar surface area (TPSA) is 20.3 Å². The van der Waals surface area contributed by atoms with Crippen molar-refractivity contribution in [3.63, 3.8) is 0 Å². The van der Waals surface area contributed by atoms with Crippen molar-refractivity contribution < 1.29 is 4.79 Å². The summed E-state index contributed by atoms with van der Waals surface area (Å²) in [6.45, 7) is 0. The molecule has 0 aromatic heterocycles. The van der Waals surface area contributed by atoms with E-state index < -0.39 is 0 Å². The second-order valence-corrected chi connectivity index (χ2v) is 7.38. The highest BCUT2D eigenvalue weighted by Crippen LogP contribution is 2.44. The number of hydrogen-bond donors (Lipinski definition) is 0. The van der Waals surface area contributed by atoms with Gasteiger partial charge in [-0.1, -0.05) is 54.8 Å². The number of carbonyl (C=O) groups is 1. The molecular weight excluding hydrogens is 318 g/mol. The van der Waals surface area contributed by atoms with Crippen LogP contribution in [0.5, 0.6) is 0 Å². The summed E-state index contributed by atoms with van der Waals surface area (Å²) in [7, 11) is 0. The van der Waals surface area contributed by atoms with Crippen molar-refractivity contribution in [2.24, 2.45) is 5.92 Å². The molecule has 0 spiro atoms. The Morgan fingerprint density at radius 2 is 1.62 bits per heavy atom. The fraction of sp³-hybridized carbons (Fsp3) is 0.381. The quantitative estimate of drug-likeness (QED) is 0.728. The molecular formula is C21H22ClNO. The van der Waals surface area contributed by atoms with Crippen molar-refractivity contribution in [2.45, 2.75) is 44.2 Å². The van der Waals surface area contributed by atoms with Crippen LogP contribution in [-0.2, 0) is 4.79 Å². The molecule has 1 aliphatic carbocycles. The Morgan fingerprint density at radius 1 is 0.917 bits per heavy atom. The molecule has 0 radical (unpaired) electrons. The summed E-state index contributed by atoms with van der Waals surface area (Å²) in [6, 6.07) is 19.0. The van der Waals surface area contributed by atoms with Crippen molar-refractivity contribution in [2.75, 3.05) is 4.90 Å².